The van der Waals surface area contributed by atoms with Crippen LogP contribution in [0, 0.1) is 11.8 Å². The molecule has 8 heteroatoms. The van der Waals surface area contributed by atoms with E-state index in [1.54, 1.807) is 6.92 Å². The van der Waals surface area contributed by atoms with Gasteiger partial charge in [0.1, 0.15) is 18.3 Å². The summed E-state index contributed by atoms with van der Waals surface area (Å²) in [6.07, 6.45) is 1.34. The number of hydrogen-bond donors (Lipinski definition) is 1. The molecular weight excluding hydrogens is 450 g/mol. The second-order valence-electron chi connectivity index (χ2n) is 8.75. The van der Waals surface area contributed by atoms with E-state index >= 15 is 0 Å². The highest BCUT2D eigenvalue weighted by Crippen LogP contribution is 2.47. The maximum absolute atomic E-state index is 13.8. The fraction of sp³-hybridized carbons (Fsp3) is 0.519. The Kier molecular flexibility index (Phi) is 9.09. The number of rotatable bonds is 10. The second kappa shape index (κ2) is 12.0. The highest BCUT2D eigenvalue weighted by molar-refractivity contribution is 6.12. The summed E-state index contributed by atoms with van der Waals surface area (Å²) < 4.78 is 21.8. The fourth-order valence-corrected chi connectivity index (χ4v) is 4.79. The fourth-order valence-electron chi connectivity index (χ4n) is 4.79. The predicted octanol–water partition coefficient (Wildman–Crippen LogP) is 3.67. The van der Waals surface area contributed by atoms with Crippen LogP contribution < -0.4 is 10.1 Å². The van der Waals surface area contributed by atoms with Gasteiger partial charge in [0.25, 0.3) is 0 Å². The number of carbonyl (C=O) groups is 3. The van der Waals surface area contributed by atoms with Crippen molar-refractivity contribution in [2.24, 2.45) is 11.8 Å². The Hall–Kier alpha value is -3.13. The second-order valence-corrected chi connectivity index (χ2v) is 8.75. The number of Topliss-reactive ketones (excluding diaryl/α,β-unsaturated/α-hetero) is 1. The van der Waals surface area contributed by atoms with E-state index in [0.717, 1.165) is 6.42 Å². The molecule has 0 saturated heterocycles. The first-order valence-corrected chi connectivity index (χ1v) is 12.1. The van der Waals surface area contributed by atoms with E-state index in [-0.39, 0.29) is 24.9 Å². The smallest absolute Gasteiger partial charge is 0.336 e. The van der Waals surface area contributed by atoms with Gasteiger partial charge < -0.3 is 24.3 Å². The van der Waals surface area contributed by atoms with E-state index in [1.165, 1.54) is 7.11 Å². The lowest BCUT2D eigenvalue weighted by atomic mass is 9.69. The van der Waals surface area contributed by atoms with E-state index < -0.39 is 23.8 Å². The standard InChI is InChI=1S/C27H35NO7/c1-6-12-33-13-14-35-27(31)22-17(4)28-19-15-16(3)21(26(30)32-5)25(29)24(19)23(22)18-10-8-9-11-20(18)34-7-2/h8-11,16,21,23,28H,6-7,12-15H2,1-5H3/t16-,21+,23-/m1/s1. The van der Waals surface area contributed by atoms with Gasteiger partial charge in [-0.25, -0.2) is 4.79 Å². The Balaban J connectivity index is 2.08. The van der Waals surface area contributed by atoms with Gasteiger partial charge in [0.05, 0.1) is 31.8 Å². The summed E-state index contributed by atoms with van der Waals surface area (Å²) in [5, 5.41) is 3.26. The molecule has 0 radical (unpaired) electrons. The molecule has 0 bridgehead atoms. The molecule has 190 valence electrons. The zero-order valence-electron chi connectivity index (χ0n) is 21.1. The summed E-state index contributed by atoms with van der Waals surface area (Å²) in [7, 11) is 1.28. The molecule has 1 N–H and O–H groups in total. The lowest BCUT2D eigenvalue weighted by molar-refractivity contribution is -0.151. The van der Waals surface area contributed by atoms with Crippen molar-refractivity contribution in [2.75, 3.05) is 33.5 Å². The SMILES string of the molecule is CCCOCCOC(=O)C1=C(C)NC2=C(C(=O)[C@@H](C(=O)OC)[C@H](C)C2)[C@@H]1c1ccccc1OCC. The maximum Gasteiger partial charge on any atom is 0.336 e. The molecule has 8 nitrogen and oxygen atoms in total. The number of ketones is 1. The lowest BCUT2D eigenvalue weighted by Gasteiger charge is -2.38. The van der Waals surface area contributed by atoms with Crippen molar-refractivity contribution in [3.63, 3.8) is 0 Å². The monoisotopic (exact) mass is 485 g/mol. The third-order valence-corrected chi connectivity index (χ3v) is 6.30. The number of nitrogens with one attached hydrogen (secondary N) is 1. The minimum Gasteiger partial charge on any atom is -0.494 e. The van der Waals surface area contributed by atoms with Crippen LogP contribution in [0.2, 0.25) is 0 Å². The number of allylic oxidation sites excluding steroid dienone is 3. The maximum atomic E-state index is 13.8. The third kappa shape index (κ3) is 5.59. The summed E-state index contributed by atoms with van der Waals surface area (Å²) in [6.45, 7) is 8.91. The number of dihydropyridines is 1. The molecule has 0 unspecified atom stereocenters. The Morgan fingerprint density at radius 1 is 1.11 bits per heavy atom. The number of para-hydroxylation sites is 1. The van der Waals surface area contributed by atoms with Crippen molar-refractivity contribution >= 4 is 17.7 Å². The topological polar surface area (TPSA) is 100 Å². The highest BCUT2D eigenvalue weighted by atomic mass is 16.6. The molecule has 35 heavy (non-hydrogen) atoms. The molecule has 0 spiro atoms. The average molecular weight is 486 g/mol. The van der Waals surface area contributed by atoms with Gasteiger partial charge in [-0.05, 0) is 38.7 Å². The minimum atomic E-state index is -0.944. The van der Waals surface area contributed by atoms with Crippen molar-refractivity contribution in [2.45, 2.75) is 46.5 Å². The Morgan fingerprint density at radius 3 is 2.54 bits per heavy atom. The Morgan fingerprint density at radius 2 is 1.86 bits per heavy atom. The zero-order valence-corrected chi connectivity index (χ0v) is 21.1. The van der Waals surface area contributed by atoms with Gasteiger partial charge in [0, 0.05) is 29.1 Å². The number of benzene rings is 1. The van der Waals surface area contributed by atoms with Crippen molar-refractivity contribution in [1.82, 2.24) is 5.32 Å². The van der Waals surface area contributed by atoms with Crippen LogP contribution >= 0.6 is 0 Å². The van der Waals surface area contributed by atoms with Gasteiger partial charge in [-0.1, -0.05) is 32.0 Å². The molecule has 1 aliphatic heterocycles. The van der Waals surface area contributed by atoms with E-state index in [0.29, 0.717) is 53.5 Å². The van der Waals surface area contributed by atoms with Gasteiger partial charge in [-0.2, -0.15) is 0 Å². The van der Waals surface area contributed by atoms with E-state index in [4.69, 9.17) is 18.9 Å². The Labute approximate surface area is 206 Å². The molecule has 1 aromatic rings. The largest absolute Gasteiger partial charge is 0.494 e. The molecular formula is C27H35NO7. The van der Waals surface area contributed by atoms with E-state index in [2.05, 4.69) is 5.32 Å². The lowest BCUT2D eigenvalue weighted by Crippen LogP contribution is -2.43. The van der Waals surface area contributed by atoms with Crippen LogP contribution in [-0.2, 0) is 28.6 Å². The quantitative estimate of drug-likeness (QED) is 0.304. The molecule has 0 aromatic heterocycles. The van der Waals surface area contributed by atoms with Gasteiger partial charge in [0.15, 0.2) is 5.78 Å². The molecule has 3 atom stereocenters. The van der Waals surface area contributed by atoms with Crippen LogP contribution in [0.5, 0.6) is 5.75 Å². The predicted molar refractivity (Wildman–Crippen MR) is 130 cm³/mol. The highest BCUT2D eigenvalue weighted by Gasteiger charge is 2.47. The molecule has 0 fully saturated rings. The number of carbonyl (C=O) groups excluding carboxylic acids is 3. The van der Waals surface area contributed by atoms with Crippen LogP contribution in [0.1, 0.15) is 52.0 Å². The molecule has 1 aromatic carbocycles. The summed E-state index contributed by atoms with van der Waals surface area (Å²) >= 11 is 0. The van der Waals surface area contributed by atoms with E-state index in [9.17, 15) is 14.4 Å². The van der Waals surface area contributed by atoms with Crippen LogP contribution in [0.15, 0.2) is 46.8 Å². The van der Waals surface area contributed by atoms with Crippen molar-refractivity contribution in [3.05, 3.63) is 52.4 Å². The normalized spacial score (nSPS) is 21.9. The summed E-state index contributed by atoms with van der Waals surface area (Å²) in [5.74, 6) is -2.84. The van der Waals surface area contributed by atoms with E-state index in [1.807, 2.05) is 45.0 Å². The number of esters is 2. The molecule has 1 aliphatic carbocycles. The summed E-state index contributed by atoms with van der Waals surface area (Å²) in [5.41, 5.74) is 2.68. The first kappa shape index (κ1) is 26.5. The average Bonchev–Trinajstić information content (AvgIpc) is 2.83. The van der Waals surface area contributed by atoms with Gasteiger partial charge >= 0.3 is 11.9 Å². The van der Waals surface area contributed by atoms with Crippen molar-refractivity contribution in [3.8, 4) is 5.75 Å². The first-order chi connectivity index (χ1) is 16.8. The Bertz CT molecular complexity index is 1030. The van der Waals surface area contributed by atoms with Gasteiger partial charge in [-0.15, -0.1) is 0 Å². The van der Waals surface area contributed by atoms with Crippen LogP contribution in [-0.4, -0.2) is 51.3 Å². The zero-order chi connectivity index (χ0) is 25.5. The molecule has 0 saturated carbocycles. The minimum absolute atomic E-state index is 0.0944. The van der Waals surface area contributed by atoms with Crippen LogP contribution in [0.4, 0.5) is 0 Å². The molecule has 2 aliphatic rings. The summed E-state index contributed by atoms with van der Waals surface area (Å²) in [6, 6.07) is 7.33. The molecule has 1 heterocycles. The summed E-state index contributed by atoms with van der Waals surface area (Å²) in [4.78, 5) is 39.7. The van der Waals surface area contributed by atoms with Crippen LogP contribution in [0.25, 0.3) is 0 Å². The van der Waals surface area contributed by atoms with Gasteiger partial charge in [-0.3, -0.25) is 9.59 Å². The molecule has 3 rings (SSSR count). The van der Waals surface area contributed by atoms with Crippen LogP contribution in [0.3, 0.4) is 0 Å². The number of methoxy groups -OCH3 is 1. The van der Waals surface area contributed by atoms with Gasteiger partial charge in [0.2, 0.25) is 0 Å². The number of hydrogen-bond acceptors (Lipinski definition) is 8. The van der Waals surface area contributed by atoms with Crippen molar-refractivity contribution in [1.29, 1.82) is 0 Å². The van der Waals surface area contributed by atoms with Crippen molar-refractivity contribution < 1.29 is 33.3 Å². The third-order valence-electron chi connectivity index (χ3n) is 6.30. The number of ether oxygens (including phenoxy) is 4. The first-order valence-electron chi connectivity index (χ1n) is 12.1. The molecule has 0 amide bonds.